The van der Waals surface area contributed by atoms with Crippen LogP contribution in [0.1, 0.15) is 28.8 Å². The van der Waals surface area contributed by atoms with Gasteiger partial charge in [-0.05, 0) is 31.0 Å². The number of hydrogen-bond donors (Lipinski definition) is 1. The third-order valence-electron chi connectivity index (χ3n) is 4.99. The van der Waals surface area contributed by atoms with E-state index >= 15 is 0 Å². The SMILES string of the molecule is O=C(NCc1cnn(-c2ccccc2)c1)c1cc([N+](=O)[O-])ccc1N1CCCC1. The van der Waals surface area contributed by atoms with Gasteiger partial charge in [0.15, 0.2) is 0 Å². The summed E-state index contributed by atoms with van der Waals surface area (Å²) in [7, 11) is 0. The lowest BCUT2D eigenvalue weighted by atomic mass is 10.1. The fraction of sp³-hybridized carbons (Fsp3) is 0.238. The molecule has 3 aromatic rings. The molecule has 1 aliphatic rings. The van der Waals surface area contributed by atoms with E-state index in [4.69, 9.17) is 0 Å². The molecule has 0 atom stereocenters. The Morgan fingerprint density at radius 1 is 1.14 bits per heavy atom. The maximum Gasteiger partial charge on any atom is 0.270 e. The minimum Gasteiger partial charge on any atom is -0.371 e. The summed E-state index contributed by atoms with van der Waals surface area (Å²) in [6.07, 6.45) is 5.65. The van der Waals surface area contributed by atoms with E-state index in [9.17, 15) is 14.9 Å². The lowest BCUT2D eigenvalue weighted by molar-refractivity contribution is -0.384. The Bertz CT molecular complexity index is 1030. The van der Waals surface area contributed by atoms with Gasteiger partial charge in [-0.3, -0.25) is 14.9 Å². The number of nitro benzene ring substituents is 1. The van der Waals surface area contributed by atoms with Crippen molar-refractivity contribution in [3.63, 3.8) is 0 Å². The quantitative estimate of drug-likeness (QED) is 0.514. The molecule has 1 aromatic heterocycles. The topological polar surface area (TPSA) is 93.3 Å². The molecule has 1 N–H and O–H groups in total. The number of hydrogen-bond acceptors (Lipinski definition) is 5. The summed E-state index contributed by atoms with van der Waals surface area (Å²) in [4.78, 5) is 25.7. The number of benzene rings is 2. The largest absolute Gasteiger partial charge is 0.371 e. The van der Waals surface area contributed by atoms with E-state index in [1.54, 1.807) is 16.9 Å². The number of aromatic nitrogens is 2. The van der Waals surface area contributed by atoms with Crippen LogP contribution in [-0.4, -0.2) is 33.7 Å². The van der Waals surface area contributed by atoms with E-state index in [1.165, 1.54) is 12.1 Å². The fourth-order valence-corrected chi connectivity index (χ4v) is 3.50. The molecule has 8 heteroatoms. The van der Waals surface area contributed by atoms with Gasteiger partial charge in [-0.1, -0.05) is 18.2 Å². The Hall–Kier alpha value is -3.68. The van der Waals surface area contributed by atoms with Gasteiger partial charge in [0, 0.05) is 43.5 Å². The first-order chi connectivity index (χ1) is 14.1. The maximum absolute atomic E-state index is 12.9. The second kappa shape index (κ2) is 8.14. The molecule has 0 aliphatic carbocycles. The van der Waals surface area contributed by atoms with Gasteiger partial charge in [-0.2, -0.15) is 5.10 Å². The minimum absolute atomic E-state index is 0.0880. The van der Waals surface area contributed by atoms with Crippen molar-refractivity contribution in [1.82, 2.24) is 15.1 Å². The second-order valence-corrected chi connectivity index (χ2v) is 6.96. The number of para-hydroxylation sites is 1. The number of amides is 1. The zero-order chi connectivity index (χ0) is 20.2. The number of carbonyl (C=O) groups is 1. The lowest BCUT2D eigenvalue weighted by Crippen LogP contribution is -2.27. The van der Waals surface area contributed by atoms with Crippen LogP contribution in [0.4, 0.5) is 11.4 Å². The van der Waals surface area contributed by atoms with Crippen molar-refractivity contribution in [1.29, 1.82) is 0 Å². The molecular weight excluding hydrogens is 370 g/mol. The third kappa shape index (κ3) is 4.11. The number of carbonyl (C=O) groups excluding carboxylic acids is 1. The van der Waals surface area contributed by atoms with Crippen LogP contribution < -0.4 is 10.2 Å². The highest BCUT2D eigenvalue weighted by atomic mass is 16.6. The van der Waals surface area contributed by atoms with Crippen molar-refractivity contribution in [2.45, 2.75) is 19.4 Å². The highest BCUT2D eigenvalue weighted by Crippen LogP contribution is 2.28. The fourth-order valence-electron chi connectivity index (χ4n) is 3.50. The molecule has 4 rings (SSSR count). The molecule has 2 heterocycles. The Morgan fingerprint density at radius 2 is 1.90 bits per heavy atom. The summed E-state index contributed by atoms with van der Waals surface area (Å²) >= 11 is 0. The minimum atomic E-state index is -0.478. The Morgan fingerprint density at radius 3 is 2.62 bits per heavy atom. The van der Waals surface area contributed by atoms with Crippen LogP contribution in [0.25, 0.3) is 5.69 Å². The predicted octanol–water partition coefficient (Wildman–Crippen LogP) is 3.31. The van der Waals surface area contributed by atoms with Crippen molar-refractivity contribution in [2.75, 3.05) is 18.0 Å². The van der Waals surface area contributed by atoms with E-state index in [-0.39, 0.29) is 18.1 Å². The van der Waals surface area contributed by atoms with Gasteiger partial charge in [-0.25, -0.2) is 4.68 Å². The summed E-state index contributed by atoms with van der Waals surface area (Å²) in [5, 5.41) is 18.4. The van der Waals surface area contributed by atoms with E-state index in [0.717, 1.165) is 42.9 Å². The Balaban J connectivity index is 1.51. The van der Waals surface area contributed by atoms with Gasteiger partial charge in [0.2, 0.25) is 0 Å². The average Bonchev–Trinajstić information content (AvgIpc) is 3.44. The molecule has 1 fully saturated rings. The number of rotatable bonds is 6. The van der Waals surface area contributed by atoms with Gasteiger partial charge in [-0.15, -0.1) is 0 Å². The molecule has 0 radical (unpaired) electrons. The smallest absolute Gasteiger partial charge is 0.270 e. The van der Waals surface area contributed by atoms with Crippen LogP contribution in [0, 0.1) is 10.1 Å². The van der Waals surface area contributed by atoms with Gasteiger partial charge >= 0.3 is 0 Å². The van der Waals surface area contributed by atoms with E-state index in [2.05, 4.69) is 15.3 Å². The highest BCUT2D eigenvalue weighted by molar-refractivity contribution is 6.00. The van der Waals surface area contributed by atoms with Gasteiger partial charge in [0.1, 0.15) is 0 Å². The molecular formula is C21H21N5O3. The maximum atomic E-state index is 12.9. The molecule has 1 aliphatic heterocycles. The molecule has 1 saturated heterocycles. The first-order valence-electron chi connectivity index (χ1n) is 9.52. The van der Waals surface area contributed by atoms with E-state index in [0.29, 0.717) is 5.56 Å². The molecule has 2 aromatic carbocycles. The summed E-state index contributed by atoms with van der Waals surface area (Å²) in [6.45, 7) is 1.98. The van der Waals surface area contributed by atoms with Gasteiger partial charge in [0.05, 0.1) is 28.1 Å². The summed E-state index contributed by atoms with van der Waals surface area (Å²) in [6, 6.07) is 14.2. The van der Waals surface area contributed by atoms with Gasteiger partial charge in [0.25, 0.3) is 11.6 Å². The number of nitro groups is 1. The van der Waals surface area contributed by atoms with Crippen molar-refractivity contribution in [3.8, 4) is 5.69 Å². The van der Waals surface area contributed by atoms with Crippen molar-refractivity contribution < 1.29 is 9.72 Å². The van der Waals surface area contributed by atoms with Gasteiger partial charge < -0.3 is 10.2 Å². The van der Waals surface area contributed by atoms with Crippen molar-refractivity contribution in [2.24, 2.45) is 0 Å². The number of non-ortho nitro benzene ring substituents is 1. The molecule has 8 nitrogen and oxygen atoms in total. The summed E-state index contributed by atoms with van der Waals surface area (Å²) in [5.74, 6) is -0.330. The predicted molar refractivity (Wildman–Crippen MR) is 109 cm³/mol. The number of nitrogens with zero attached hydrogens (tertiary/aromatic N) is 4. The van der Waals surface area contributed by atoms with Crippen LogP contribution in [0.2, 0.25) is 0 Å². The zero-order valence-corrected chi connectivity index (χ0v) is 15.8. The third-order valence-corrected chi connectivity index (χ3v) is 4.99. The van der Waals surface area contributed by atoms with Crippen LogP contribution in [0.5, 0.6) is 0 Å². The van der Waals surface area contributed by atoms with Crippen LogP contribution in [0.15, 0.2) is 60.9 Å². The van der Waals surface area contributed by atoms with Crippen LogP contribution in [-0.2, 0) is 6.54 Å². The first kappa shape index (κ1) is 18.7. The highest BCUT2D eigenvalue weighted by Gasteiger charge is 2.22. The molecule has 148 valence electrons. The molecule has 0 bridgehead atoms. The Kier molecular flexibility index (Phi) is 5.24. The number of nitrogens with one attached hydrogen (secondary N) is 1. The van der Waals surface area contributed by atoms with Crippen molar-refractivity contribution in [3.05, 3.63) is 82.2 Å². The van der Waals surface area contributed by atoms with Crippen LogP contribution in [0.3, 0.4) is 0 Å². The first-order valence-corrected chi connectivity index (χ1v) is 9.52. The molecule has 29 heavy (non-hydrogen) atoms. The molecule has 0 spiro atoms. The van der Waals surface area contributed by atoms with E-state index < -0.39 is 4.92 Å². The molecule has 0 saturated carbocycles. The standard InChI is InChI=1S/C21H21N5O3/c27-21(22-13-16-14-23-25(15-16)17-6-2-1-3-7-17)19-12-18(26(28)29)8-9-20(19)24-10-4-5-11-24/h1-3,6-9,12,14-15H,4-5,10-11,13H2,(H,22,27). The molecule has 1 amide bonds. The Labute approximate surface area is 167 Å². The lowest BCUT2D eigenvalue weighted by Gasteiger charge is -2.20. The van der Waals surface area contributed by atoms with Crippen molar-refractivity contribution >= 4 is 17.3 Å². The number of anilines is 1. The monoisotopic (exact) mass is 391 g/mol. The van der Waals surface area contributed by atoms with E-state index in [1.807, 2.05) is 36.5 Å². The summed E-state index contributed by atoms with van der Waals surface area (Å²) in [5.41, 5.74) is 2.76. The summed E-state index contributed by atoms with van der Waals surface area (Å²) < 4.78 is 1.74. The zero-order valence-electron chi connectivity index (χ0n) is 15.8. The second-order valence-electron chi connectivity index (χ2n) is 6.96. The normalized spacial score (nSPS) is 13.4. The molecule has 0 unspecified atom stereocenters. The van der Waals surface area contributed by atoms with Crippen LogP contribution >= 0.6 is 0 Å². The average molecular weight is 391 g/mol.